The molecule has 1 aromatic carbocycles. The summed E-state index contributed by atoms with van der Waals surface area (Å²) in [6.45, 7) is 6.68. The number of hydrogen-bond acceptors (Lipinski definition) is 4. The first-order chi connectivity index (χ1) is 13.2. The number of benzene rings is 1. The van der Waals surface area contributed by atoms with Gasteiger partial charge in [-0.15, -0.1) is 24.0 Å². The van der Waals surface area contributed by atoms with Crippen LogP contribution in [0.25, 0.3) is 0 Å². The zero-order valence-corrected chi connectivity index (χ0v) is 19.5. The molecule has 1 heterocycles. The van der Waals surface area contributed by atoms with Gasteiger partial charge in [-0.3, -0.25) is 9.79 Å². The van der Waals surface area contributed by atoms with Crippen molar-refractivity contribution in [2.75, 3.05) is 32.0 Å². The number of alkyl carbamates (subject to hydrolysis) is 1. The number of likely N-dealkylation sites (tertiary alicyclic amines) is 1. The molecule has 1 saturated heterocycles. The van der Waals surface area contributed by atoms with E-state index in [4.69, 9.17) is 4.74 Å². The van der Waals surface area contributed by atoms with Crippen molar-refractivity contribution in [3.63, 3.8) is 0 Å². The Balaban J connectivity index is 0.00000420. The lowest BCUT2D eigenvalue weighted by Gasteiger charge is -2.23. The van der Waals surface area contributed by atoms with E-state index in [9.17, 15) is 14.0 Å². The number of carbonyl (C=O) groups is 2. The molecule has 2 amide bonds. The molecule has 8 nitrogen and oxygen atoms in total. The molecule has 1 atom stereocenters. The molecule has 0 bridgehead atoms. The zero-order valence-electron chi connectivity index (χ0n) is 17.1. The van der Waals surface area contributed by atoms with Gasteiger partial charge in [0.15, 0.2) is 5.96 Å². The summed E-state index contributed by atoms with van der Waals surface area (Å²) in [7, 11) is 1.63. The second-order valence-corrected chi connectivity index (χ2v) is 7.54. The molecule has 0 saturated carbocycles. The first-order valence-corrected chi connectivity index (χ1v) is 9.17. The Kier molecular flexibility index (Phi) is 9.60. The maximum atomic E-state index is 13.2. The Labute approximate surface area is 187 Å². The molecule has 1 aliphatic heterocycles. The van der Waals surface area contributed by atoms with Gasteiger partial charge in [0, 0.05) is 25.8 Å². The fourth-order valence-corrected chi connectivity index (χ4v) is 2.81. The highest BCUT2D eigenvalue weighted by atomic mass is 127. The average molecular weight is 521 g/mol. The van der Waals surface area contributed by atoms with Gasteiger partial charge in [0.05, 0.1) is 12.6 Å². The molecule has 0 spiro atoms. The van der Waals surface area contributed by atoms with E-state index in [0.29, 0.717) is 24.7 Å². The Morgan fingerprint density at radius 2 is 2.07 bits per heavy atom. The van der Waals surface area contributed by atoms with Gasteiger partial charge in [-0.2, -0.15) is 0 Å². The smallest absolute Gasteiger partial charge is 0.407 e. The molecule has 10 heteroatoms. The van der Waals surface area contributed by atoms with Gasteiger partial charge in [-0.05, 0) is 45.4 Å². The van der Waals surface area contributed by atoms with Crippen LogP contribution in [0.3, 0.4) is 0 Å². The quantitative estimate of drug-likeness (QED) is 0.322. The minimum atomic E-state index is -0.547. The lowest BCUT2D eigenvalue weighted by molar-refractivity contribution is -0.115. The van der Waals surface area contributed by atoms with E-state index < -0.39 is 17.5 Å². The van der Waals surface area contributed by atoms with Crippen molar-refractivity contribution in [1.29, 1.82) is 0 Å². The SMILES string of the molecule is CN=C(NCC(=O)Nc1cccc(F)c1)N1CCC(NC(=O)OC(C)(C)C)C1.I. The molecule has 1 unspecified atom stereocenters. The maximum absolute atomic E-state index is 13.2. The van der Waals surface area contributed by atoms with E-state index in [1.54, 1.807) is 13.1 Å². The predicted molar refractivity (Wildman–Crippen MR) is 121 cm³/mol. The summed E-state index contributed by atoms with van der Waals surface area (Å²) < 4.78 is 18.4. The van der Waals surface area contributed by atoms with Crippen LogP contribution in [-0.2, 0) is 9.53 Å². The van der Waals surface area contributed by atoms with Crippen LogP contribution in [0.1, 0.15) is 27.2 Å². The molecular formula is C19H29FIN5O3. The molecule has 1 aromatic rings. The third-order valence-electron chi connectivity index (χ3n) is 3.94. The Bertz CT molecular complexity index is 739. The number of amides is 2. The van der Waals surface area contributed by atoms with Gasteiger partial charge >= 0.3 is 6.09 Å². The number of rotatable bonds is 4. The highest BCUT2D eigenvalue weighted by molar-refractivity contribution is 14.0. The van der Waals surface area contributed by atoms with E-state index in [1.165, 1.54) is 18.2 Å². The molecule has 1 fully saturated rings. The van der Waals surface area contributed by atoms with Crippen LogP contribution in [0, 0.1) is 5.82 Å². The van der Waals surface area contributed by atoms with Crippen molar-refractivity contribution < 1.29 is 18.7 Å². The topological polar surface area (TPSA) is 95.1 Å². The Morgan fingerprint density at radius 3 is 2.69 bits per heavy atom. The lowest BCUT2D eigenvalue weighted by Crippen LogP contribution is -2.45. The lowest BCUT2D eigenvalue weighted by atomic mass is 10.2. The second kappa shape index (κ2) is 11.2. The molecule has 0 aliphatic carbocycles. The first-order valence-electron chi connectivity index (χ1n) is 9.17. The van der Waals surface area contributed by atoms with Crippen molar-refractivity contribution >= 4 is 47.6 Å². The van der Waals surface area contributed by atoms with Crippen molar-refractivity contribution in [3.8, 4) is 0 Å². The van der Waals surface area contributed by atoms with Gasteiger partial charge < -0.3 is 25.6 Å². The van der Waals surface area contributed by atoms with E-state index in [1.807, 2.05) is 25.7 Å². The van der Waals surface area contributed by atoms with Gasteiger partial charge in [0.2, 0.25) is 5.91 Å². The van der Waals surface area contributed by atoms with Gasteiger partial charge in [0.25, 0.3) is 0 Å². The summed E-state index contributed by atoms with van der Waals surface area (Å²) in [6, 6.07) is 5.64. The van der Waals surface area contributed by atoms with Crippen LogP contribution in [0.15, 0.2) is 29.3 Å². The predicted octanol–water partition coefficient (Wildman–Crippen LogP) is 2.56. The molecule has 162 valence electrons. The van der Waals surface area contributed by atoms with E-state index in [2.05, 4.69) is 20.9 Å². The molecule has 29 heavy (non-hydrogen) atoms. The minimum absolute atomic E-state index is 0. The molecule has 0 aromatic heterocycles. The van der Waals surface area contributed by atoms with E-state index >= 15 is 0 Å². The normalized spacial score (nSPS) is 16.7. The number of nitrogens with one attached hydrogen (secondary N) is 3. The number of hydrogen-bond donors (Lipinski definition) is 3. The summed E-state index contributed by atoms with van der Waals surface area (Å²) in [4.78, 5) is 30.1. The van der Waals surface area contributed by atoms with Crippen molar-refractivity contribution in [3.05, 3.63) is 30.1 Å². The highest BCUT2D eigenvalue weighted by Gasteiger charge is 2.28. The summed E-state index contributed by atoms with van der Waals surface area (Å²) in [5.41, 5.74) is -0.153. The number of guanidine groups is 1. The number of nitrogens with zero attached hydrogens (tertiary/aromatic N) is 2. The number of ether oxygens (including phenoxy) is 1. The summed E-state index contributed by atoms with van der Waals surface area (Å²) >= 11 is 0. The molecule has 1 aliphatic rings. The van der Waals surface area contributed by atoms with Crippen molar-refractivity contribution in [2.24, 2.45) is 4.99 Å². The highest BCUT2D eigenvalue weighted by Crippen LogP contribution is 2.12. The number of aliphatic imine (C=N–C) groups is 1. The molecule has 2 rings (SSSR count). The summed E-state index contributed by atoms with van der Waals surface area (Å²) in [5, 5.41) is 8.45. The van der Waals surface area contributed by atoms with Crippen LogP contribution in [0.5, 0.6) is 0 Å². The van der Waals surface area contributed by atoms with Crippen molar-refractivity contribution in [2.45, 2.75) is 38.8 Å². The van der Waals surface area contributed by atoms with E-state index in [0.717, 1.165) is 6.42 Å². The zero-order chi connectivity index (χ0) is 20.7. The molecule has 3 N–H and O–H groups in total. The first kappa shape index (κ1) is 24.9. The standard InChI is InChI=1S/C19H28FN5O3.HI/c1-19(2,3)28-18(27)24-15-8-9-25(12-15)17(21-4)22-11-16(26)23-14-7-5-6-13(20)10-14;/h5-7,10,15H,8-9,11-12H2,1-4H3,(H,21,22)(H,23,26)(H,24,27);1H. The monoisotopic (exact) mass is 521 g/mol. The fraction of sp³-hybridized carbons (Fsp3) is 0.526. The van der Waals surface area contributed by atoms with E-state index in [-0.39, 0.29) is 42.5 Å². The third-order valence-corrected chi connectivity index (χ3v) is 3.94. The number of halogens is 2. The van der Waals surface area contributed by atoms with Gasteiger partial charge in [-0.25, -0.2) is 9.18 Å². The van der Waals surface area contributed by atoms with Crippen LogP contribution >= 0.6 is 24.0 Å². The number of carbonyl (C=O) groups excluding carboxylic acids is 2. The molecule has 0 radical (unpaired) electrons. The van der Waals surface area contributed by atoms with Crippen LogP contribution in [0.2, 0.25) is 0 Å². The second-order valence-electron chi connectivity index (χ2n) is 7.54. The largest absolute Gasteiger partial charge is 0.444 e. The van der Waals surface area contributed by atoms with Crippen LogP contribution in [-0.4, -0.2) is 61.2 Å². The Hall–Kier alpha value is -2.11. The van der Waals surface area contributed by atoms with Gasteiger partial charge in [0.1, 0.15) is 11.4 Å². The fourth-order valence-electron chi connectivity index (χ4n) is 2.81. The maximum Gasteiger partial charge on any atom is 0.407 e. The third kappa shape index (κ3) is 8.84. The van der Waals surface area contributed by atoms with Crippen molar-refractivity contribution in [1.82, 2.24) is 15.5 Å². The summed E-state index contributed by atoms with van der Waals surface area (Å²) in [6.07, 6.45) is 0.298. The van der Waals surface area contributed by atoms with Crippen LogP contribution in [0.4, 0.5) is 14.9 Å². The van der Waals surface area contributed by atoms with Crippen LogP contribution < -0.4 is 16.0 Å². The van der Waals surface area contributed by atoms with Gasteiger partial charge in [-0.1, -0.05) is 6.07 Å². The molecular weight excluding hydrogens is 492 g/mol. The Morgan fingerprint density at radius 1 is 1.34 bits per heavy atom. The number of anilines is 1. The minimum Gasteiger partial charge on any atom is -0.444 e. The summed E-state index contributed by atoms with van der Waals surface area (Å²) in [5.74, 6) is -0.167. The average Bonchev–Trinajstić information content (AvgIpc) is 3.01.